The fourth-order valence-corrected chi connectivity index (χ4v) is 5.62. The van der Waals surface area contributed by atoms with Gasteiger partial charge in [-0.1, -0.05) is 42.5 Å². The number of carbonyl (C=O) groups excluding carboxylic acids is 1. The molecule has 0 bridgehead atoms. The number of likely N-dealkylation sites (tertiary alicyclic amines) is 1. The largest absolute Gasteiger partial charge is 0.310 e. The molecule has 0 saturated carbocycles. The predicted molar refractivity (Wildman–Crippen MR) is 98.6 cm³/mol. The molecule has 4 rings (SSSR count). The molecule has 4 nitrogen and oxygen atoms in total. The van der Waals surface area contributed by atoms with Crippen LogP contribution >= 0.6 is 0 Å². The summed E-state index contributed by atoms with van der Waals surface area (Å²) in [6, 6.07) is 14.2. The van der Waals surface area contributed by atoms with Crippen molar-refractivity contribution in [2.45, 2.75) is 37.0 Å². The van der Waals surface area contributed by atoms with Crippen molar-refractivity contribution < 1.29 is 13.2 Å². The van der Waals surface area contributed by atoms with E-state index in [1.54, 1.807) is 4.90 Å². The van der Waals surface area contributed by atoms with E-state index in [2.05, 4.69) is 12.1 Å². The number of fused-ring (bicyclic) bond motifs is 2. The maximum absolute atomic E-state index is 12.7. The average Bonchev–Trinajstić information content (AvgIpc) is 2.88. The van der Waals surface area contributed by atoms with E-state index in [1.165, 1.54) is 6.26 Å². The molecule has 0 spiro atoms. The Labute approximate surface area is 148 Å². The van der Waals surface area contributed by atoms with E-state index in [0.717, 1.165) is 29.2 Å². The zero-order valence-electron chi connectivity index (χ0n) is 14.2. The van der Waals surface area contributed by atoms with Crippen molar-refractivity contribution >= 4 is 26.5 Å². The summed E-state index contributed by atoms with van der Waals surface area (Å²) >= 11 is 0. The minimum Gasteiger partial charge on any atom is -0.310 e. The van der Waals surface area contributed by atoms with Crippen LogP contribution in [0.15, 0.2) is 54.2 Å². The fourth-order valence-electron chi connectivity index (χ4n) is 4.15. The normalized spacial score (nSPS) is 23.6. The minimum atomic E-state index is -3.35. The first-order chi connectivity index (χ1) is 11.9. The van der Waals surface area contributed by atoms with Crippen LogP contribution in [-0.2, 0) is 21.2 Å². The monoisotopic (exact) mass is 355 g/mol. The second kappa shape index (κ2) is 5.70. The lowest BCUT2D eigenvalue weighted by molar-refractivity contribution is -0.127. The molecule has 2 aliphatic rings. The van der Waals surface area contributed by atoms with Gasteiger partial charge in [0.15, 0.2) is 9.84 Å². The summed E-state index contributed by atoms with van der Waals surface area (Å²) in [5, 5.41) is 2.28. The third-order valence-corrected chi connectivity index (χ3v) is 7.46. The highest BCUT2D eigenvalue weighted by molar-refractivity contribution is 7.92. The van der Waals surface area contributed by atoms with Gasteiger partial charge in [0.1, 0.15) is 4.75 Å². The summed E-state index contributed by atoms with van der Waals surface area (Å²) in [6.45, 7) is 0.423. The molecule has 25 heavy (non-hydrogen) atoms. The Morgan fingerprint density at radius 1 is 1.12 bits per heavy atom. The molecule has 0 aromatic heterocycles. The number of hydrogen-bond donors (Lipinski definition) is 0. The second-order valence-corrected chi connectivity index (χ2v) is 9.41. The van der Waals surface area contributed by atoms with E-state index in [9.17, 15) is 13.2 Å². The molecule has 1 unspecified atom stereocenters. The van der Waals surface area contributed by atoms with Crippen LogP contribution in [0.25, 0.3) is 10.8 Å². The van der Waals surface area contributed by atoms with Crippen molar-refractivity contribution in [3.05, 3.63) is 59.8 Å². The van der Waals surface area contributed by atoms with Gasteiger partial charge in [-0.05, 0) is 41.7 Å². The van der Waals surface area contributed by atoms with E-state index < -0.39 is 14.6 Å². The van der Waals surface area contributed by atoms with Gasteiger partial charge >= 0.3 is 0 Å². The van der Waals surface area contributed by atoms with Gasteiger partial charge in [0.25, 0.3) is 0 Å². The van der Waals surface area contributed by atoms with Crippen molar-refractivity contribution in [3.8, 4) is 0 Å². The molecule has 5 heteroatoms. The highest BCUT2D eigenvalue weighted by Crippen LogP contribution is 2.46. The standard InChI is InChI=1S/C20H21NO3S/c1-25(23,24)20-11-5-4-8-18(20)21(19(22)13-20)14-15-9-10-16-6-2-3-7-17(16)12-15/h2-3,6-10,12H,4-5,11,13-14H2,1H3. The van der Waals surface area contributed by atoms with Gasteiger partial charge < -0.3 is 4.90 Å². The van der Waals surface area contributed by atoms with Crippen molar-refractivity contribution in [2.75, 3.05) is 6.26 Å². The lowest BCUT2D eigenvalue weighted by atomic mass is 9.91. The maximum Gasteiger partial charge on any atom is 0.229 e. The number of allylic oxidation sites excluding steroid dienone is 1. The van der Waals surface area contributed by atoms with Gasteiger partial charge in [-0.25, -0.2) is 8.42 Å². The van der Waals surface area contributed by atoms with Crippen LogP contribution in [-0.4, -0.2) is 30.2 Å². The van der Waals surface area contributed by atoms with Crippen molar-refractivity contribution in [1.29, 1.82) is 0 Å². The van der Waals surface area contributed by atoms with Gasteiger partial charge in [-0.3, -0.25) is 4.79 Å². The second-order valence-electron chi connectivity index (χ2n) is 7.09. The quantitative estimate of drug-likeness (QED) is 0.848. The smallest absolute Gasteiger partial charge is 0.229 e. The van der Waals surface area contributed by atoms with Crippen LogP contribution in [0, 0.1) is 0 Å². The molecular formula is C20H21NO3S. The maximum atomic E-state index is 12.7. The third-order valence-electron chi connectivity index (χ3n) is 5.48. The molecule has 1 aliphatic heterocycles. The van der Waals surface area contributed by atoms with Crippen LogP contribution in [0.1, 0.15) is 31.2 Å². The van der Waals surface area contributed by atoms with Crippen LogP contribution < -0.4 is 0 Å². The first kappa shape index (κ1) is 16.3. The average molecular weight is 355 g/mol. The Bertz CT molecular complexity index is 993. The molecule has 1 atom stereocenters. The third kappa shape index (κ3) is 2.58. The summed E-state index contributed by atoms with van der Waals surface area (Å²) in [5.41, 5.74) is 1.71. The van der Waals surface area contributed by atoms with E-state index in [4.69, 9.17) is 0 Å². The van der Waals surface area contributed by atoms with Crippen molar-refractivity contribution in [1.82, 2.24) is 4.90 Å². The zero-order valence-corrected chi connectivity index (χ0v) is 15.1. The first-order valence-corrected chi connectivity index (χ1v) is 10.5. The Hall–Kier alpha value is -2.14. The van der Waals surface area contributed by atoms with Gasteiger partial charge in [0.2, 0.25) is 5.91 Å². The summed E-state index contributed by atoms with van der Waals surface area (Å²) in [6.07, 6.45) is 5.47. The molecule has 0 N–H and O–H groups in total. The molecular weight excluding hydrogens is 334 g/mol. The first-order valence-electron chi connectivity index (χ1n) is 8.59. The number of benzene rings is 2. The highest BCUT2D eigenvalue weighted by Gasteiger charge is 2.55. The molecule has 1 saturated heterocycles. The Kier molecular flexibility index (Phi) is 3.72. The van der Waals surface area contributed by atoms with Crippen LogP contribution in [0.5, 0.6) is 0 Å². The Morgan fingerprint density at radius 2 is 1.88 bits per heavy atom. The van der Waals surface area contributed by atoms with Gasteiger partial charge in [0.05, 0.1) is 13.0 Å². The highest BCUT2D eigenvalue weighted by atomic mass is 32.2. The zero-order chi connectivity index (χ0) is 17.7. The number of rotatable bonds is 3. The van der Waals surface area contributed by atoms with Gasteiger partial charge in [-0.2, -0.15) is 0 Å². The van der Waals surface area contributed by atoms with Gasteiger partial charge in [0, 0.05) is 12.0 Å². The van der Waals surface area contributed by atoms with E-state index in [0.29, 0.717) is 18.7 Å². The van der Waals surface area contributed by atoms with Crippen molar-refractivity contribution in [2.24, 2.45) is 0 Å². The van der Waals surface area contributed by atoms with E-state index in [-0.39, 0.29) is 12.3 Å². The van der Waals surface area contributed by atoms with Crippen LogP contribution in [0.3, 0.4) is 0 Å². The molecule has 0 radical (unpaired) electrons. The number of sulfone groups is 1. The molecule has 1 aliphatic carbocycles. The molecule has 130 valence electrons. The van der Waals surface area contributed by atoms with Crippen LogP contribution in [0.2, 0.25) is 0 Å². The number of carbonyl (C=O) groups is 1. The SMILES string of the molecule is CS(=O)(=O)C12CCCC=C1N(Cc1ccc3ccccc3c1)C(=O)C2. The summed E-state index contributed by atoms with van der Waals surface area (Å²) in [7, 11) is -3.35. The minimum absolute atomic E-state index is 0.0747. The lowest BCUT2D eigenvalue weighted by Crippen LogP contribution is -2.40. The fraction of sp³-hybridized carbons (Fsp3) is 0.350. The molecule has 1 heterocycles. The lowest BCUT2D eigenvalue weighted by Gasteiger charge is -2.33. The number of amides is 1. The Balaban J connectivity index is 1.72. The summed E-state index contributed by atoms with van der Waals surface area (Å²) in [5.74, 6) is -0.0910. The molecule has 2 aromatic carbocycles. The summed E-state index contributed by atoms with van der Waals surface area (Å²) < 4.78 is 24.0. The molecule has 2 aromatic rings. The Morgan fingerprint density at radius 3 is 2.64 bits per heavy atom. The predicted octanol–water partition coefficient (Wildman–Crippen LogP) is 3.42. The number of nitrogens with zero attached hydrogens (tertiary/aromatic N) is 1. The van der Waals surface area contributed by atoms with E-state index >= 15 is 0 Å². The molecule has 1 amide bonds. The summed E-state index contributed by atoms with van der Waals surface area (Å²) in [4.78, 5) is 14.4. The van der Waals surface area contributed by atoms with Crippen LogP contribution in [0.4, 0.5) is 0 Å². The molecule has 1 fully saturated rings. The topological polar surface area (TPSA) is 54.5 Å². The number of hydrogen-bond acceptors (Lipinski definition) is 3. The van der Waals surface area contributed by atoms with E-state index in [1.807, 2.05) is 36.4 Å². The van der Waals surface area contributed by atoms with Gasteiger partial charge in [-0.15, -0.1) is 0 Å². The van der Waals surface area contributed by atoms with Crippen molar-refractivity contribution in [3.63, 3.8) is 0 Å².